The van der Waals surface area contributed by atoms with Crippen LogP contribution in [-0.2, 0) is 9.53 Å². The first kappa shape index (κ1) is 9.48. The van der Waals surface area contributed by atoms with E-state index in [0.29, 0.717) is 6.42 Å². The smallest absolute Gasteiger partial charge is 0.306 e. The van der Waals surface area contributed by atoms with Crippen LogP contribution in [-0.4, -0.2) is 50.7 Å². The van der Waals surface area contributed by atoms with E-state index in [1.807, 2.05) is 0 Å². The maximum atomic E-state index is 10.8. The summed E-state index contributed by atoms with van der Waals surface area (Å²) in [7, 11) is 1.42. The molecule has 4 heteroatoms. The van der Waals surface area contributed by atoms with Crippen LogP contribution >= 0.6 is 0 Å². The molecule has 1 fully saturated rings. The predicted octanol–water partition coefficient (Wildman–Crippen LogP) is -0.530. The molecule has 0 unspecified atom stereocenters. The Bertz CT molecular complexity index is 144. The first-order valence-electron chi connectivity index (χ1n) is 4.25. The first-order chi connectivity index (χ1) is 5.83. The molecular formula is C8H15N2O2. The lowest BCUT2D eigenvalue weighted by Gasteiger charge is -2.25. The first-order valence-corrected chi connectivity index (χ1v) is 4.25. The van der Waals surface area contributed by atoms with Crippen LogP contribution in [0.4, 0.5) is 0 Å². The van der Waals surface area contributed by atoms with Gasteiger partial charge in [-0.2, -0.15) is 0 Å². The predicted molar refractivity (Wildman–Crippen MR) is 44.9 cm³/mol. The molecule has 0 spiro atoms. The van der Waals surface area contributed by atoms with Gasteiger partial charge in [-0.25, -0.2) is 5.32 Å². The fraction of sp³-hybridized carbons (Fsp3) is 0.875. The summed E-state index contributed by atoms with van der Waals surface area (Å²) in [4.78, 5) is 13.0. The Balaban J connectivity index is 2.09. The maximum Gasteiger partial charge on any atom is 0.306 e. The molecule has 12 heavy (non-hydrogen) atoms. The summed E-state index contributed by atoms with van der Waals surface area (Å²) < 4.78 is 4.55. The van der Waals surface area contributed by atoms with E-state index < -0.39 is 0 Å². The lowest BCUT2D eigenvalue weighted by Crippen LogP contribution is -2.41. The minimum atomic E-state index is -0.127. The Morgan fingerprint density at radius 2 is 2.17 bits per heavy atom. The quantitative estimate of drug-likeness (QED) is 0.536. The summed E-state index contributed by atoms with van der Waals surface area (Å²) >= 11 is 0. The molecule has 0 saturated carbocycles. The van der Waals surface area contributed by atoms with Gasteiger partial charge in [0.15, 0.2) is 0 Å². The van der Waals surface area contributed by atoms with E-state index in [9.17, 15) is 4.79 Å². The van der Waals surface area contributed by atoms with Gasteiger partial charge in [0.1, 0.15) is 0 Å². The van der Waals surface area contributed by atoms with Crippen LogP contribution in [0.25, 0.3) is 0 Å². The van der Waals surface area contributed by atoms with E-state index in [1.165, 1.54) is 7.11 Å². The summed E-state index contributed by atoms with van der Waals surface area (Å²) in [6.07, 6.45) is 0.497. The molecule has 1 radical (unpaired) electrons. The Labute approximate surface area is 72.9 Å². The van der Waals surface area contributed by atoms with Crippen molar-refractivity contribution in [3.05, 3.63) is 0 Å². The minimum Gasteiger partial charge on any atom is -0.469 e. The molecule has 0 atom stereocenters. The van der Waals surface area contributed by atoms with E-state index >= 15 is 0 Å². The normalized spacial score (nSPS) is 19.1. The van der Waals surface area contributed by atoms with E-state index in [0.717, 1.165) is 32.7 Å². The van der Waals surface area contributed by atoms with Gasteiger partial charge in [0, 0.05) is 32.7 Å². The molecule has 0 amide bonds. The monoisotopic (exact) mass is 171 g/mol. The van der Waals surface area contributed by atoms with Gasteiger partial charge in [0.25, 0.3) is 0 Å². The minimum absolute atomic E-state index is 0.127. The SMILES string of the molecule is COC(=O)CCN1CC[N]CC1. The third-order valence-corrected chi connectivity index (χ3v) is 2.01. The summed E-state index contributed by atoms with van der Waals surface area (Å²) in [6.45, 7) is 4.58. The molecule has 1 rings (SSSR count). The summed E-state index contributed by atoms with van der Waals surface area (Å²) in [5.41, 5.74) is 0. The van der Waals surface area contributed by atoms with E-state index in [4.69, 9.17) is 0 Å². The average molecular weight is 171 g/mol. The third kappa shape index (κ3) is 3.19. The number of ether oxygens (including phenoxy) is 1. The lowest BCUT2D eigenvalue weighted by atomic mass is 10.3. The zero-order chi connectivity index (χ0) is 8.81. The summed E-state index contributed by atoms with van der Waals surface area (Å²) in [6, 6.07) is 0. The second-order valence-corrected chi connectivity index (χ2v) is 2.84. The highest BCUT2D eigenvalue weighted by atomic mass is 16.5. The van der Waals surface area contributed by atoms with Crippen LogP contribution in [0.1, 0.15) is 6.42 Å². The second-order valence-electron chi connectivity index (χ2n) is 2.84. The highest BCUT2D eigenvalue weighted by molar-refractivity contribution is 5.69. The summed E-state index contributed by atoms with van der Waals surface area (Å²) in [5.74, 6) is -0.127. The van der Waals surface area contributed by atoms with Gasteiger partial charge in [0.2, 0.25) is 0 Å². The molecule has 69 valence electrons. The molecule has 0 N–H and O–H groups in total. The number of rotatable bonds is 3. The van der Waals surface area contributed by atoms with Gasteiger partial charge in [-0.05, 0) is 0 Å². The lowest BCUT2D eigenvalue weighted by molar-refractivity contribution is -0.141. The number of methoxy groups -OCH3 is 1. The number of hydrogen-bond donors (Lipinski definition) is 0. The van der Waals surface area contributed by atoms with Crippen LogP contribution in [0.5, 0.6) is 0 Å². The molecule has 1 heterocycles. The van der Waals surface area contributed by atoms with Crippen LogP contribution in [0.15, 0.2) is 0 Å². The van der Waals surface area contributed by atoms with Crippen molar-refractivity contribution in [3.8, 4) is 0 Å². The topological polar surface area (TPSA) is 43.6 Å². The molecule has 4 nitrogen and oxygen atoms in total. The molecule has 0 aliphatic carbocycles. The molecule has 1 aliphatic heterocycles. The largest absolute Gasteiger partial charge is 0.469 e. The van der Waals surface area contributed by atoms with Crippen LogP contribution < -0.4 is 5.32 Å². The van der Waals surface area contributed by atoms with Crippen LogP contribution in [0.3, 0.4) is 0 Å². The second kappa shape index (κ2) is 5.11. The number of carbonyl (C=O) groups excluding carboxylic acids is 1. The van der Waals surface area contributed by atoms with Crippen molar-refractivity contribution in [3.63, 3.8) is 0 Å². The molecule has 0 aromatic carbocycles. The molecule has 0 aromatic rings. The van der Waals surface area contributed by atoms with E-state index in [2.05, 4.69) is 15.0 Å². The van der Waals surface area contributed by atoms with Crippen LogP contribution in [0.2, 0.25) is 0 Å². The van der Waals surface area contributed by atoms with Gasteiger partial charge in [-0.3, -0.25) is 4.79 Å². The van der Waals surface area contributed by atoms with E-state index in [-0.39, 0.29) is 5.97 Å². The molecule has 1 saturated heterocycles. The van der Waals surface area contributed by atoms with Gasteiger partial charge >= 0.3 is 5.97 Å². The Morgan fingerprint density at radius 1 is 1.50 bits per heavy atom. The number of esters is 1. The Morgan fingerprint density at radius 3 is 2.75 bits per heavy atom. The fourth-order valence-corrected chi connectivity index (χ4v) is 1.22. The number of piperazine rings is 1. The van der Waals surface area contributed by atoms with E-state index in [1.54, 1.807) is 0 Å². The zero-order valence-corrected chi connectivity index (χ0v) is 7.45. The van der Waals surface area contributed by atoms with Crippen molar-refractivity contribution in [2.24, 2.45) is 0 Å². The zero-order valence-electron chi connectivity index (χ0n) is 7.45. The van der Waals surface area contributed by atoms with Crippen molar-refractivity contribution in [1.82, 2.24) is 10.2 Å². The highest BCUT2D eigenvalue weighted by Crippen LogP contribution is 1.95. The third-order valence-electron chi connectivity index (χ3n) is 2.01. The standard InChI is InChI=1S/C8H15N2O2/c1-12-8(11)2-5-10-6-3-9-4-7-10/h2-7H2,1H3. The summed E-state index contributed by atoms with van der Waals surface area (Å²) in [5, 5.41) is 4.22. The Kier molecular flexibility index (Phi) is 4.04. The number of carbonyl (C=O) groups is 1. The van der Waals surface area contributed by atoms with Gasteiger partial charge in [-0.1, -0.05) is 0 Å². The van der Waals surface area contributed by atoms with Crippen molar-refractivity contribution < 1.29 is 9.53 Å². The van der Waals surface area contributed by atoms with Crippen molar-refractivity contribution >= 4 is 5.97 Å². The number of nitrogens with zero attached hydrogens (tertiary/aromatic N) is 2. The van der Waals surface area contributed by atoms with Crippen molar-refractivity contribution in [2.45, 2.75) is 6.42 Å². The molecule has 0 bridgehead atoms. The highest BCUT2D eigenvalue weighted by Gasteiger charge is 2.11. The molecule has 1 aliphatic rings. The fourth-order valence-electron chi connectivity index (χ4n) is 1.22. The Hall–Kier alpha value is -0.610. The van der Waals surface area contributed by atoms with Gasteiger partial charge in [0.05, 0.1) is 13.5 Å². The van der Waals surface area contributed by atoms with Crippen LogP contribution in [0, 0.1) is 0 Å². The van der Waals surface area contributed by atoms with Crippen molar-refractivity contribution in [1.29, 1.82) is 0 Å². The maximum absolute atomic E-state index is 10.8. The van der Waals surface area contributed by atoms with Gasteiger partial charge < -0.3 is 9.64 Å². The molecular weight excluding hydrogens is 156 g/mol. The van der Waals surface area contributed by atoms with Crippen molar-refractivity contribution in [2.75, 3.05) is 39.8 Å². The van der Waals surface area contributed by atoms with Gasteiger partial charge in [-0.15, -0.1) is 0 Å². The average Bonchev–Trinajstić information content (AvgIpc) is 2.16. The molecule has 0 aromatic heterocycles. The number of hydrogen-bond acceptors (Lipinski definition) is 3.